The van der Waals surface area contributed by atoms with Crippen molar-refractivity contribution in [3.63, 3.8) is 0 Å². The average Bonchev–Trinajstić information content (AvgIpc) is 3.20. The lowest BCUT2D eigenvalue weighted by Crippen LogP contribution is -2.46. The number of aliphatic hydroxyl groups excluding tert-OH is 1. The molecule has 3 rings (SSSR count). The van der Waals surface area contributed by atoms with Crippen molar-refractivity contribution < 1.29 is 18.3 Å². The number of benzene rings is 1. The van der Waals surface area contributed by atoms with Crippen LogP contribution in [0.25, 0.3) is 0 Å². The number of rotatable bonds is 7. The maximum absolute atomic E-state index is 12.6. The van der Waals surface area contributed by atoms with Crippen molar-refractivity contribution in [2.75, 3.05) is 52.4 Å². The first-order chi connectivity index (χ1) is 13.0. The van der Waals surface area contributed by atoms with Crippen molar-refractivity contribution in [3.8, 4) is 0 Å². The molecule has 1 aromatic carbocycles. The summed E-state index contributed by atoms with van der Waals surface area (Å²) in [5.41, 5.74) is 0.359. The van der Waals surface area contributed by atoms with Gasteiger partial charge in [0.15, 0.2) is 0 Å². The summed E-state index contributed by atoms with van der Waals surface area (Å²) in [4.78, 5) is 16.5. The number of likely N-dealkylation sites (tertiary alicyclic amines) is 1. The Kier molecular flexibility index (Phi) is 6.83. The molecule has 9 heteroatoms. The van der Waals surface area contributed by atoms with E-state index in [1.807, 2.05) is 0 Å². The number of nitrogens with one attached hydrogen (secondary N) is 2. The lowest BCUT2D eigenvalue weighted by atomic mass is 10.2. The third-order valence-electron chi connectivity index (χ3n) is 4.97. The van der Waals surface area contributed by atoms with Crippen LogP contribution in [0.15, 0.2) is 29.2 Å². The lowest BCUT2D eigenvalue weighted by molar-refractivity contribution is 0.0735. The Balaban J connectivity index is 1.61. The summed E-state index contributed by atoms with van der Waals surface area (Å²) in [6, 6.07) is 6.07. The molecule has 0 spiro atoms. The zero-order valence-corrected chi connectivity index (χ0v) is 16.2. The van der Waals surface area contributed by atoms with Crippen LogP contribution >= 0.6 is 0 Å². The number of piperazine rings is 1. The van der Waals surface area contributed by atoms with Crippen LogP contribution in [-0.2, 0) is 10.0 Å². The molecule has 0 saturated carbocycles. The highest BCUT2D eigenvalue weighted by Crippen LogP contribution is 2.14. The van der Waals surface area contributed by atoms with Crippen LogP contribution in [0.3, 0.4) is 0 Å². The van der Waals surface area contributed by atoms with Gasteiger partial charge in [-0.05, 0) is 44.1 Å². The van der Waals surface area contributed by atoms with Gasteiger partial charge in [-0.25, -0.2) is 13.1 Å². The van der Waals surface area contributed by atoms with E-state index >= 15 is 0 Å². The summed E-state index contributed by atoms with van der Waals surface area (Å²) in [5.74, 6) is -0.164. The first-order valence-corrected chi connectivity index (χ1v) is 10.9. The normalized spacial score (nSPS) is 20.0. The Labute approximate surface area is 160 Å². The van der Waals surface area contributed by atoms with Gasteiger partial charge in [0.2, 0.25) is 10.0 Å². The van der Waals surface area contributed by atoms with Crippen LogP contribution in [0, 0.1) is 0 Å². The fraction of sp³-hybridized carbons (Fsp3) is 0.611. The van der Waals surface area contributed by atoms with Crippen LogP contribution in [0.5, 0.6) is 0 Å². The van der Waals surface area contributed by atoms with Crippen molar-refractivity contribution in [3.05, 3.63) is 29.8 Å². The van der Waals surface area contributed by atoms with Crippen LogP contribution in [0.4, 0.5) is 0 Å². The molecule has 2 heterocycles. The molecule has 0 aromatic heterocycles. The number of amides is 1. The number of hydrogen-bond acceptors (Lipinski definition) is 6. The van der Waals surface area contributed by atoms with E-state index in [0.717, 1.165) is 39.0 Å². The quantitative estimate of drug-likeness (QED) is 0.573. The van der Waals surface area contributed by atoms with Crippen LogP contribution in [0.2, 0.25) is 0 Å². The van der Waals surface area contributed by atoms with Crippen molar-refractivity contribution in [1.29, 1.82) is 0 Å². The number of carbonyl (C=O) groups excluding carboxylic acids is 1. The third kappa shape index (κ3) is 5.49. The van der Waals surface area contributed by atoms with E-state index in [0.29, 0.717) is 25.2 Å². The molecule has 150 valence electrons. The SMILES string of the molecule is O=C(c1cccc(S(=O)(=O)NCC(O)CN2CCCC2)c1)N1CCNCC1. The Morgan fingerprint density at radius 3 is 2.59 bits per heavy atom. The molecule has 2 aliphatic heterocycles. The minimum atomic E-state index is -3.79. The fourth-order valence-corrected chi connectivity index (χ4v) is 4.58. The minimum absolute atomic E-state index is 0.0388. The van der Waals surface area contributed by atoms with Gasteiger partial charge in [-0.1, -0.05) is 6.07 Å². The molecule has 1 aromatic rings. The Hall–Kier alpha value is -1.52. The molecule has 8 nitrogen and oxygen atoms in total. The summed E-state index contributed by atoms with van der Waals surface area (Å²) in [6.45, 7) is 4.99. The molecular formula is C18H28N4O4S. The van der Waals surface area contributed by atoms with Gasteiger partial charge >= 0.3 is 0 Å². The smallest absolute Gasteiger partial charge is 0.253 e. The van der Waals surface area contributed by atoms with Crippen molar-refractivity contribution >= 4 is 15.9 Å². The Morgan fingerprint density at radius 2 is 1.89 bits per heavy atom. The van der Waals surface area contributed by atoms with Crippen molar-refractivity contribution in [2.24, 2.45) is 0 Å². The lowest BCUT2D eigenvalue weighted by Gasteiger charge is -2.27. The predicted octanol–water partition coefficient (Wildman–Crippen LogP) is -0.533. The van der Waals surface area contributed by atoms with E-state index in [9.17, 15) is 18.3 Å². The van der Waals surface area contributed by atoms with E-state index in [1.165, 1.54) is 12.1 Å². The zero-order valence-electron chi connectivity index (χ0n) is 15.4. The Bertz CT molecular complexity index is 743. The van der Waals surface area contributed by atoms with Crippen LogP contribution in [0.1, 0.15) is 23.2 Å². The average molecular weight is 397 g/mol. The summed E-state index contributed by atoms with van der Waals surface area (Å²) >= 11 is 0. The van der Waals surface area contributed by atoms with Crippen LogP contribution in [-0.4, -0.2) is 87.7 Å². The summed E-state index contributed by atoms with van der Waals surface area (Å²) < 4.78 is 27.6. The molecule has 2 fully saturated rings. The zero-order chi connectivity index (χ0) is 19.3. The van der Waals surface area contributed by atoms with Gasteiger partial charge in [0, 0.05) is 44.8 Å². The monoisotopic (exact) mass is 396 g/mol. The first kappa shape index (κ1) is 20.2. The van der Waals surface area contributed by atoms with Gasteiger partial charge < -0.3 is 20.2 Å². The second-order valence-corrected chi connectivity index (χ2v) is 8.85. The molecule has 2 saturated heterocycles. The standard InChI is InChI=1S/C18H28N4O4S/c23-16(14-21-8-1-2-9-21)13-20-27(25,26)17-5-3-4-15(12-17)18(24)22-10-6-19-7-11-22/h3-5,12,16,19-20,23H,1-2,6-11,13-14H2. The fourth-order valence-electron chi connectivity index (χ4n) is 3.46. The second kappa shape index (κ2) is 9.11. The van der Waals surface area contributed by atoms with Crippen molar-refractivity contribution in [2.45, 2.75) is 23.8 Å². The van der Waals surface area contributed by atoms with E-state index in [-0.39, 0.29) is 17.3 Å². The molecule has 0 radical (unpaired) electrons. The van der Waals surface area contributed by atoms with Crippen molar-refractivity contribution in [1.82, 2.24) is 19.8 Å². The molecule has 0 aliphatic carbocycles. The number of aliphatic hydroxyl groups is 1. The van der Waals surface area contributed by atoms with Gasteiger partial charge in [-0.2, -0.15) is 0 Å². The topological polar surface area (TPSA) is 102 Å². The molecule has 2 aliphatic rings. The molecular weight excluding hydrogens is 368 g/mol. The maximum Gasteiger partial charge on any atom is 0.253 e. The van der Waals surface area contributed by atoms with Crippen LogP contribution < -0.4 is 10.0 Å². The third-order valence-corrected chi connectivity index (χ3v) is 6.39. The molecule has 0 bridgehead atoms. The van der Waals surface area contributed by atoms with Gasteiger partial charge in [0.05, 0.1) is 11.0 Å². The maximum atomic E-state index is 12.6. The molecule has 3 N–H and O–H groups in total. The van der Waals surface area contributed by atoms with Gasteiger partial charge in [-0.15, -0.1) is 0 Å². The minimum Gasteiger partial charge on any atom is -0.390 e. The number of hydrogen-bond donors (Lipinski definition) is 3. The van der Waals surface area contributed by atoms with E-state index in [2.05, 4.69) is 14.9 Å². The largest absolute Gasteiger partial charge is 0.390 e. The number of carbonyl (C=O) groups is 1. The van der Waals surface area contributed by atoms with Gasteiger partial charge in [-0.3, -0.25) is 4.79 Å². The molecule has 1 amide bonds. The van der Waals surface area contributed by atoms with E-state index in [1.54, 1.807) is 17.0 Å². The first-order valence-electron chi connectivity index (χ1n) is 9.46. The summed E-state index contributed by atoms with van der Waals surface area (Å²) in [6.07, 6.45) is 1.47. The highest BCUT2D eigenvalue weighted by molar-refractivity contribution is 7.89. The Morgan fingerprint density at radius 1 is 1.19 bits per heavy atom. The van der Waals surface area contributed by atoms with Gasteiger partial charge in [0.25, 0.3) is 5.91 Å². The highest BCUT2D eigenvalue weighted by Gasteiger charge is 2.22. The molecule has 27 heavy (non-hydrogen) atoms. The number of nitrogens with zero attached hydrogens (tertiary/aromatic N) is 2. The molecule has 1 atom stereocenters. The highest BCUT2D eigenvalue weighted by atomic mass is 32.2. The van der Waals surface area contributed by atoms with E-state index in [4.69, 9.17) is 0 Å². The number of sulfonamides is 1. The predicted molar refractivity (Wildman–Crippen MR) is 102 cm³/mol. The summed E-state index contributed by atoms with van der Waals surface area (Å²) in [5, 5.41) is 13.3. The second-order valence-electron chi connectivity index (χ2n) is 7.08. The van der Waals surface area contributed by atoms with E-state index < -0.39 is 16.1 Å². The van der Waals surface area contributed by atoms with Gasteiger partial charge in [0.1, 0.15) is 0 Å². The number of β-amino-alcohol motifs (C(OH)–C–C–N with tert-alkyl or cyclic N) is 1. The molecule has 1 unspecified atom stereocenters. The summed E-state index contributed by atoms with van der Waals surface area (Å²) in [7, 11) is -3.79.